The highest BCUT2D eigenvalue weighted by Gasteiger charge is 2.31. The van der Waals surface area contributed by atoms with Crippen molar-refractivity contribution in [3.05, 3.63) is 64.4 Å². The van der Waals surface area contributed by atoms with Crippen LogP contribution in [-0.4, -0.2) is 52.7 Å². The van der Waals surface area contributed by atoms with Crippen LogP contribution in [0.25, 0.3) is 0 Å². The Morgan fingerprint density at radius 1 is 1.32 bits per heavy atom. The number of carbonyl (C=O) groups is 1. The van der Waals surface area contributed by atoms with Crippen molar-refractivity contribution in [2.75, 3.05) is 12.3 Å². The monoisotopic (exact) mass is 423 g/mol. The second-order valence-electron chi connectivity index (χ2n) is 6.81. The van der Waals surface area contributed by atoms with Gasteiger partial charge in [-0.05, 0) is 54.2 Å². The minimum atomic E-state index is -3.68. The van der Waals surface area contributed by atoms with Crippen molar-refractivity contribution in [3.63, 3.8) is 0 Å². The molecule has 1 aromatic heterocycles. The number of halogens is 1. The fourth-order valence-corrected chi connectivity index (χ4v) is 5.26. The van der Waals surface area contributed by atoms with E-state index in [9.17, 15) is 18.4 Å². The molecule has 150 valence electrons. The number of hydrogen-bond acceptors (Lipinski definition) is 5. The van der Waals surface area contributed by atoms with E-state index in [-0.39, 0.29) is 18.7 Å². The summed E-state index contributed by atoms with van der Waals surface area (Å²) in [5, 5.41) is 10.9. The van der Waals surface area contributed by atoms with Gasteiger partial charge in [0.25, 0.3) is 0 Å². The molecule has 7 nitrogen and oxygen atoms in total. The van der Waals surface area contributed by atoms with Crippen molar-refractivity contribution in [2.24, 2.45) is 0 Å². The van der Waals surface area contributed by atoms with E-state index in [0.29, 0.717) is 35.9 Å². The van der Waals surface area contributed by atoms with Crippen molar-refractivity contribution in [1.82, 2.24) is 14.4 Å². The molecule has 1 aromatic carbocycles. The molecular formula is C19H22ClN3O4S. The summed E-state index contributed by atoms with van der Waals surface area (Å²) in [4.78, 5) is 15.1. The number of benzene rings is 1. The van der Waals surface area contributed by atoms with Crippen LogP contribution < -0.4 is 0 Å². The Kier molecular flexibility index (Phi) is 6.66. The summed E-state index contributed by atoms with van der Waals surface area (Å²) in [6, 6.07) is 8.30. The van der Waals surface area contributed by atoms with Crippen LogP contribution in [0.1, 0.15) is 23.1 Å². The zero-order valence-corrected chi connectivity index (χ0v) is 16.8. The Morgan fingerprint density at radius 3 is 2.86 bits per heavy atom. The van der Waals surface area contributed by atoms with E-state index in [1.165, 1.54) is 4.31 Å². The van der Waals surface area contributed by atoms with Crippen LogP contribution in [0.5, 0.6) is 0 Å². The summed E-state index contributed by atoms with van der Waals surface area (Å²) in [7, 11) is -3.68. The highest BCUT2D eigenvalue weighted by atomic mass is 35.5. The molecule has 0 radical (unpaired) electrons. The number of nitrogens with zero attached hydrogens (tertiary/aromatic N) is 3. The fraction of sp³-hybridized carbons (Fsp3) is 0.368. The van der Waals surface area contributed by atoms with Crippen molar-refractivity contribution < 1.29 is 18.4 Å². The molecule has 2 aromatic rings. The molecular weight excluding hydrogens is 402 g/mol. The van der Waals surface area contributed by atoms with Crippen LogP contribution in [0.3, 0.4) is 0 Å². The second-order valence-corrected chi connectivity index (χ2v) is 9.26. The van der Waals surface area contributed by atoms with Gasteiger partial charge in [-0.15, -0.1) is 0 Å². The van der Waals surface area contributed by atoms with Gasteiger partial charge >= 0.3 is 0 Å². The maximum absolute atomic E-state index is 12.9. The first kappa shape index (κ1) is 20.7. The predicted molar refractivity (Wildman–Crippen MR) is 105 cm³/mol. The summed E-state index contributed by atoms with van der Waals surface area (Å²) < 4.78 is 27.3. The van der Waals surface area contributed by atoms with Crippen LogP contribution in [0, 0.1) is 0 Å². The minimum absolute atomic E-state index is 0.236. The summed E-state index contributed by atoms with van der Waals surface area (Å²) in [6.07, 6.45) is 4.97. The third kappa shape index (κ3) is 5.08. The van der Waals surface area contributed by atoms with E-state index in [1.807, 2.05) is 12.1 Å². The molecule has 28 heavy (non-hydrogen) atoms. The maximum Gasteiger partial charge on any atom is 0.233 e. The molecule has 0 saturated carbocycles. The van der Waals surface area contributed by atoms with Gasteiger partial charge in [0.1, 0.15) is 0 Å². The van der Waals surface area contributed by atoms with Crippen LogP contribution in [0.15, 0.2) is 42.7 Å². The predicted octanol–water partition coefficient (Wildman–Crippen LogP) is 2.27. The number of pyridine rings is 1. The van der Waals surface area contributed by atoms with Gasteiger partial charge in [0.05, 0.1) is 11.8 Å². The third-order valence-electron chi connectivity index (χ3n) is 4.91. The largest absolute Gasteiger partial charge is 0.286 e. The lowest BCUT2D eigenvalue weighted by Gasteiger charge is -2.31. The lowest BCUT2D eigenvalue weighted by atomic mass is 10.0. The van der Waals surface area contributed by atoms with Gasteiger partial charge in [0.2, 0.25) is 16.4 Å². The van der Waals surface area contributed by atoms with E-state index >= 15 is 0 Å². The Morgan fingerprint density at radius 2 is 2.14 bits per heavy atom. The topological polar surface area (TPSA) is 90.8 Å². The molecule has 0 aliphatic carbocycles. The van der Waals surface area contributed by atoms with Gasteiger partial charge in [-0.2, -0.15) is 4.31 Å². The first-order valence-corrected chi connectivity index (χ1v) is 10.9. The highest BCUT2D eigenvalue weighted by molar-refractivity contribution is 7.89. The first-order chi connectivity index (χ1) is 13.4. The Labute approximate surface area is 169 Å². The first-order valence-electron chi connectivity index (χ1n) is 8.95. The Bertz CT molecular complexity index is 924. The number of aromatic nitrogens is 1. The summed E-state index contributed by atoms with van der Waals surface area (Å²) in [5.41, 5.74) is 2.87. The molecule has 0 spiro atoms. The third-order valence-corrected chi connectivity index (χ3v) is 7.05. The van der Waals surface area contributed by atoms with Crippen molar-refractivity contribution in [3.8, 4) is 0 Å². The van der Waals surface area contributed by atoms with E-state index in [0.717, 1.165) is 16.7 Å². The molecule has 0 bridgehead atoms. The summed E-state index contributed by atoms with van der Waals surface area (Å²) in [5.74, 6) is -0.349. The average Bonchev–Trinajstić information content (AvgIpc) is 2.70. The number of sulfonamides is 1. The lowest BCUT2D eigenvalue weighted by molar-refractivity contribution is -0.158. The van der Waals surface area contributed by atoms with Crippen LogP contribution in [0.2, 0.25) is 5.02 Å². The molecule has 2 heterocycles. The standard InChI is InChI=1S/C19H22ClN3O4S/c20-18-5-4-16-7-9-22(12-17(16)10-18)28(26,27)13-19(23(25)14-24)6-3-15-2-1-8-21-11-15/h1-2,4-5,8,10-11,14,19,25H,3,6-7,9,12-13H2. The van der Waals surface area contributed by atoms with Crippen LogP contribution in [-0.2, 0) is 34.2 Å². The van der Waals surface area contributed by atoms with Gasteiger partial charge in [0.15, 0.2) is 0 Å². The SMILES string of the molecule is O=CN(O)C(CCc1cccnc1)CS(=O)(=O)N1CCc2ccc(Cl)cc2C1. The van der Waals surface area contributed by atoms with Crippen molar-refractivity contribution in [1.29, 1.82) is 0 Å². The Balaban J connectivity index is 1.71. The smallest absolute Gasteiger partial charge is 0.233 e. The fourth-order valence-electron chi connectivity index (χ4n) is 3.34. The number of rotatable bonds is 8. The number of hydroxylamine groups is 2. The summed E-state index contributed by atoms with van der Waals surface area (Å²) in [6.45, 7) is 0.596. The molecule has 1 atom stereocenters. The number of fused-ring (bicyclic) bond motifs is 1. The molecule has 0 saturated heterocycles. The molecule has 1 N–H and O–H groups in total. The van der Waals surface area contributed by atoms with Crippen LogP contribution in [0.4, 0.5) is 0 Å². The van der Waals surface area contributed by atoms with Crippen molar-refractivity contribution >= 4 is 28.0 Å². The Hall–Kier alpha value is -2.00. The maximum atomic E-state index is 12.9. The minimum Gasteiger partial charge on any atom is -0.286 e. The number of carbonyl (C=O) groups excluding carboxylic acids is 1. The van der Waals surface area contributed by atoms with E-state index in [1.54, 1.807) is 30.6 Å². The number of amides is 1. The lowest BCUT2D eigenvalue weighted by Crippen LogP contribution is -2.44. The molecule has 1 aliphatic heterocycles. The zero-order chi connectivity index (χ0) is 20.1. The van der Waals surface area contributed by atoms with Gasteiger partial charge < -0.3 is 0 Å². The number of aryl methyl sites for hydroxylation is 1. The van der Waals surface area contributed by atoms with E-state index in [2.05, 4.69) is 4.98 Å². The van der Waals surface area contributed by atoms with Gasteiger partial charge in [-0.1, -0.05) is 23.7 Å². The molecule has 0 fully saturated rings. The summed E-state index contributed by atoms with van der Waals surface area (Å²) >= 11 is 6.03. The normalized spacial score (nSPS) is 15.6. The molecule has 1 unspecified atom stereocenters. The van der Waals surface area contributed by atoms with Gasteiger partial charge in [-0.25, -0.2) is 13.5 Å². The van der Waals surface area contributed by atoms with Crippen molar-refractivity contribution in [2.45, 2.75) is 31.8 Å². The molecule has 3 rings (SSSR count). The van der Waals surface area contributed by atoms with E-state index < -0.39 is 16.1 Å². The average molecular weight is 424 g/mol. The molecule has 1 amide bonds. The number of hydrogen-bond donors (Lipinski definition) is 1. The van der Waals surface area contributed by atoms with E-state index in [4.69, 9.17) is 11.6 Å². The second kappa shape index (κ2) is 9.00. The quantitative estimate of drug-likeness (QED) is 0.399. The van der Waals surface area contributed by atoms with Gasteiger partial charge in [-0.3, -0.25) is 15.0 Å². The highest BCUT2D eigenvalue weighted by Crippen LogP contribution is 2.25. The zero-order valence-electron chi connectivity index (χ0n) is 15.2. The molecule has 9 heteroatoms. The van der Waals surface area contributed by atoms with Gasteiger partial charge in [0, 0.05) is 30.5 Å². The molecule has 1 aliphatic rings. The van der Waals surface area contributed by atoms with Crippen LogP contribution >= 0.6 is 11.6 Å².